The van der Waals surface area contributed by atoms with Crippen LogP contribution in [0.1, 0.15) is 44.8 Å². The molecule has 1 saturated heterocycles. The number of hydrogen-bond acceptors (Lipinski definition) is 4. The monoisotopic (exact) mass is 235 g/mol. The van der Waals surface area contributed by atoms with Crippen molar-refractivity contribution in [3.8, 4) is 0 Å². The second-order valence-electron chi connectivity index (χ2n) is 4.78. The molecule has 17 heavy (non-hydrogen) atoms. The molecule has 94 valence electrons. The molecule has 0 saturated carbocycles. The van der Waals surface area contributed by atoms with E-state index in [1.807, 2.05) is 6.20 Å². The highest BCUT2D eigenvalue weighted by Crippen LogP contribution is 2.36. The number of nitrogens with one attached hydrogen (secondary N) is 1. The Morgan fingerprint density at radius 3 is 3.00 bits per heavy atom. The largest absolute Gasteiger partial charge is 0.373 e. The number of hydrogen-bond donors (Lipinski definition) is 1. The van der Waals surface area contributed by atoms with Gasteiger partial charge >= 0.3 is 0 Å². The molecule has 2 unspecified atom stereocenters. The molecule has 1 aromatic rings. The lowest BCUT2D eigenvalue weighted by molar-refractivity contribution is -0.0137. The molecule has 1 aliphatic heterocycles. The fourth-order valence-electron chi connectivity index (χ4n) is 2.41. The molecule has 1 aromatic heterocycles. The van der Waals surface area contributed by atoms with Crippen molar-refractivity contribution < 1.29 is 4.74 Å². The highest BCUT2D eigenvalue weighted by atomic mass is 16.5. The third kappa shape index (κ3) is 2.82. The Balaban J connectivity index is 2.18. The van der Waals surface area contributed by atoms with Gasteiger partial charge in [-0.15, -0.1) is 0 Å². The number of nitrogens with zero attached hydrogens (tertiary/aromatic N) is 2. The van der Waals surface area contributed by atoms with Crippen LogP contribution in [0.2, 0.25) is 0 Å². The minimum atomic E-state index is -0.148. The quantitative estimate of drug-likeness (QED) is 0.849. The average molecular weight is 235 g/mol. The van der Waals surface area contributed by atoms with E-state index in [2.05, 4.69) is 29.1 Å². The lowest BCUT2D eigenvalue weighted by Gasteiger charge is -2.33. The Bertz CT molecular complexity index is 336. The zero-order valence-corrected chi connectivity index (χ0v) is 10.6. The van der Waals surface area contributed by atoms with Crippen molar-refractivity contribution in [3.63, 3.8) is 0 Å². The summed E-state index contributed by atoms with van der Waals surface area (Å²) >= 11 is 0. The van der Waals surface area contributed by atoms with E-state index in [1.54, 1.807) is 12.4 Å². The summed E-state index contributed by atoms with van der Waals surface area (Å²) in [5.41, 5.74) is 0.830. The molecule has 2 rings (SSSR count). The van der Waals surface area contributed by atoms with E-state index >= 15 is 0 Å². The van der Waals surface area contributed by atoms with Gasteiger partial charge in [-0.05, 0) is 32.7 Å². The fourth-order valence-corrected chi connectivity index (χ4v) is 2.41. The molecule has 4 nitrogen and oxygen atoms in total. The molecule has 0 aliphatic carbocycles. The van der Waals surface area contributed by atoms with Gasteiger partial charge in [-0.1, -0.05) is 6.92 Å². The summed E-state index contributed by atoms with van der Waals surface area (Å²) < 4.78 is 5.92. The van der Waals surface area contributed by atoms with Crippen LogP contribution in [0.5, 0.6) is 0 Å². The van der Waals surface area contributed by atoms with Gasteiger partial charge in [0.15, 0.2) is 0 Å². The first-order valence-corrected chi connectivity index (χ1v) is 6.39. The Morgan fingerprint density at radius 2 is 2.41 bits per heavy atom. The van der Waals surface area contributed by atoms with Gasteiger partial charge in [0, 0.05) is 19.0 Å². The Labute approximate surface area is 103 Å². The summed E-state index contributed by atoms with van der Waals surface area (Å²) in [7, 11) is 0. The van der Waals surface area contributed by atoms with Crippen LogP contribution in [0.15, 0.2) is 18.6 Å². The van der Waals surface area contributed by atoms with E-state index in [9.17, 15) is 0 Å². The molecule has 0 bridgehead atoms. The van der Waals surface area contributed by atoms with Crippen molar-refractivity contribution in [2.24, 2.45) is 0 Å². The van der Waals surface area contributed by atoms with Crippen LogP contribution in [0.3, 0.4) is 0 Å². The van der Waals surface area contributed by atoms with Gasteiger partial charge in [-0.25, -0.2) is 0 Å². The minimum Gasteiger partial charge on any atom is -0.373 e. The van der Waals surface area contributed by atoms with Crippen LogP contribution in [0.4, 0.5) is 0 Å². The zero-order valence-electron chi connectivity index (χ0n) is 10.6. The summed E-state index contributed by atoms with van der Waals surface area (Å²) in [5, 5.41) is 3.54. The van der Waals surface area contributed by atoms with Gasteiger partial charge in [0.1, 0.15) is 0 Å². The normalized spacial score (nSPS) is 26.0. The number of rotatable bonds is 5. The smallest absolute Gasteiger partial charge is 0.0865 e. The SMILES string of the molecule is CCCNC(c1cnccn1)C1(C)CCCO1. The highest BCUT2D eigenvalue weighted by molar-refractivity contribution is 5.10. The summed E-state index contributed by atoms with van der Waals surface area (Å²) in [6.45, 7) is 6.15. The number of aromatic nitrogens is 2. The molecular formula is C13H21N3O. The van der Waals surface area contributed by atoms with Gasteiger partial charge in [0.2, 0.25) is 0 Å². The lowest BCUT2D eigenvalue weighted by atomic mass is 9.90. The van der Waals surface area contributed by atoms with E-state index in [-0.39, 0.29) is 11.6 Å². The predicted octanol–water partition coefficient (Wildman–Crippen LogP) is 2.09. The predicted molar refractivity (Wildman–Crippen MR) is 66.7 cm³/mol. The Kier molecular flexibility index (Phi) is 4.07. The molecule has 1 aliphatic rings. The molecule has 2 heterocycles. The maximum Gasteiger partial charge on any atom is 0.0865 e. The summed E-state index contributed by atoms with van der Waals surface area (Å²) in [6, 6.07) is 0.138. The summed E-state index contributed by atoms with van der Waals surface area (Å²) in [5.74, 6) is 0. The fraction of sp³-hybridized carbons (Fsp3) is 0.692. The van der Waals surface area contributed by atoms with E-state index in [0.29, 0.717) is 0 Å². The van der Waals surface area contributed by atoms with Crippen LogP contribution in [0, 0.1) is 0 Å². The molecule has 0 aromatic carbocycles. The van der Waals surface area contributed by atoms with Gasteiger partial charge in [0.25, 0.3) is 0 Å². The molecular weight excluding hydrogens is 214 g/mol. The minimum absolute atomic E-state index is 0.138. The molecule has 0 radical (unpaired) electrons. The van der Waals surface area contributed by atoms with Crippen molar-refractivity contribution in [1.82, 2.24) is 15.3 Å². The molecule has 4 heteroatoms. The molecule has 1 fully saturated rings. The Morgan fingerprint density at radius 1 is 1.53 bits per heavy atom. The van der Waals surface area contributed by atoms with Gasteiger partial charge < -0.3 is 10.1 Å². The third-order valence-electron chi connectivity index (χ3n) is 3.34. The third-order valence-corrected chi connectivity index (χ3v) is 3.34. The maximum atomic E-state index is 5.92. The summed E-state index contributed by atoms with van der Waals surface area (Å²) in [6.07, 6.45) is 8.59. The molecule has 1 N–H and O–H groups in total. The molecule has 0 spiro atoms. The molecule has 0 amide bonds. The zero-order chi connectivity index (χ0) is 12.1. The first kappa shape index (κ1) is 12.5. The van der Waals surface area contributed by atoms with E-state index in [4.69, 9.17) is 4.74 Å². The maximum absolute atomic E-state index is 5.92. The van der Waals surface area contributed by atoms with E-state index in [0.717, 1.165) is 38.1 Å². The van der Waals surface area contributed by atoms with Crippen LogP contribution in [0.25, 0.3) is 0 Å². The van der Waals surface area contributed by atoms with E-state index in [1.165, 1.54) is 0 Å². The average Bonchev–Trinajstić information content (AvgIpc) is 2.79. The lowest BCUT2D eigenvalue weighted by Crippen LogP contribution is -2.42. The van der Waals surface area contributed by atoms with Crippen molar-refractivity contribution in [3.05, 3.63) is 24.3 Å². The van der Waals surface area contributed by atoms with Gasteiger partial charge in [0.05, 0.1) is 23.5 Å². The van der Waals surface area contributed by atoms with Crippen LogP contribution >= 0.6 is 0 Å². The van der Waals surface area contributed by atoms with Crippen LogP contribution < -0.4 is 5.32 Å². The van der Waals surface area contributed by atoms with Crippen molar-refractivity contribution in [1.29, 1.82) is 0 Å². The highest BCUT2D eigenvalue weighted by Gasteiger charge is 2.39. The second-order valence-corrected chi connectivity index (χ2v) is 4.78. The van der Waals surface area contributed by atoms with Crippen molar-refractivity contribution in [2.45, 2.75) is 44.8 Å². The topological polar surface area (TPSA) is 47.0 Å². The standard InChI is InChI=1S/C13H21N3O/c1-3-6-16-12(11-10-14-7-8-15-11)13(2)5-4-9-17-13/h7-8,10,12,16H,3-6,9H2,1-2H3. The van der Waals surface area contributed by atoms with Gasteiger partial charge in [-0.2, -0.15) is 0 Å². The first-order valence-electron chi connectivity index (χ1n) is 6.39. The van der Waals surface area contributed by atoms with Crippen LogP contribution in [-0.2, 0) is 4.74 Å². The Hall–Kier alpha value is -1.00. The van der Waals surface area contributed by atoms with Crippen molar-refractivity contribution >= 4 is 0 Å². The first-order chi connectivity index (χ1) is 8.26. The number of ether oxygens (including phenoxy) is 1. The van der Waals surface area contributed by atoms with Gasteiger partial charge in [-0.3, -0.25) is 9.97 Å². The van der Waals surface area contributed by atoms with Crippen molar-refractivity contribution in [2.75, 3.05) is 13.2 Å². The second kappa shape index (κ2) is 5.56. The van der Waals surface area contributed by atoms with E-state index < -0.39 is 0 Å². The molecule has 2 atom stereocenters. The summed E-state index contributed by atoms with van der Waals surface area (Å²) in [4.78, 5) is 8.57. The van der Waals surface area contributed by atoms with Crippen LogP contribution in [-0.4, -0.2) is 28.7 Å².